The Kier molecular flexibility index (Phi) is 3.64. The fourth-order valence-corrected chi connectivity index (χ4v) is 1.38. The van der Waals surface area contributed by atoms with Crippen molar-refractivity contribution in [3.8, 4) is 12.1 Å². The van der Waals surface area contributed by atoms with Crippen LogP contribution in [0.3, 0.4) is 0 Å². The summed E-state index contributed by atoms with van der Waals surface area (Å²) in [7, 11) is 1.13. The number of hydrogen-bond donors (Lipinski definition) is 0. The normalized spacial score (nSPS) is 9.82. The molecule has 0 aliphatic rings. The Morgan fingerprint density at radius 2 is 1.82 bits per heavy atom. The van der Waals surface area contributed by atoms with Crippen LogP contribution in [0, 0.1) is 28.1 Å². The Labute approximate surface area is 99.4 Å². The van der Waals surface area contributed by atoms with Gasteiger partial charge in [0.15, 0.2) is 0 Å². The van der Waals surface area contributed by atoms with Crippen molar-refractivity contribution in [1.29, 1.82) is 10.5 Å². The third-order valence-corrected chi connectivity index (χ3v) is 2.40. The van der Waals surface area contributed by atoms with Gasteiger partial charge in [-0.05, 0) is 11.1 Å². The molecule has 0 aliphatic carbocycles. The molecule has 0 saturated carbocycles. The SMILES string of the molecule is C=C(c1ccccc1)C(C#N)(C#N)C(=O)OC. The molecule has 0 fully saturated rings. The van der Waals surface area contributed by atoms with Crippen molar-refractivity contribution < 1.29 is 9.53 Å². The first-order valence-electron chi connectivity index (χ1n) is 4.78. The molecular weight excluding hydrogens is 216 g/mol. The molecule has 4 nitrogen and oxygen atoms in total. The number of benzene rings is 1. The van der Waals surface area contributed by atoms with Crippen LogP contribution >= 0.6 is 0 Å². The summed E-state index contributed by atoms with van der Waals surface area (Å²) in [5.41, 5.74) is -1.31. The molecule has 0 amide bonds. The maximum absolute atomic E-state index is 11.6. The summed E-state index contributed by atoms with van der Waals surface area (Å²) in [4.78, 5) is 11.6. The average molecular weight is 226 g/mol. The second-order valence-corrected chi connectivity index (χ2v) is 3.31. The van der Waals surface area contributed by atoms with Gasteiger partial charge in [0.1, 0.15) is 12.1 Å². The van der Waals surface area contributed by atoms with Crippen LogP contribution in [0.5, 0.6) is 0 Å². The van der Waals surface area contributed by atoms with Crippen molar-refractivity contribution in [1.82, 2.24) is 0 Å². The van der Waals surface area contributed by atoms with E-state index in [0.717, 1.165) is 7.11 Å². The maximum Gasteiger partial charge on any atom is 0.345 e. The van der Waals surface area contributed by atoms with Crippen molar-refractivity contribution in [2.75, 3.05) is 7.11 Å². The van der Waals surface area contributed by atoms with Crippen LogP contribution in [0.2, 0.25) is 0 Å². The summed E-state index contributed by atoms with van der Waals surface area (Å²) in [5.74, 6) is -0.920. The average Bonchev–Trinajstić information content (AvgIpc) is 2.41. The summed E-state index contributed by atoms with van der Waals surface area (Å²) in [6.45, 7) is 3.66. The van der Waals surface area contributed by atoms with Crippen molar-refractivity contribution in [2.45, 2.75) is 0 Å². The molecule has 1 rings (SSSR count). The molecule has 0 aliphatic heterocycles. The van der Waals surface area contributed by atoms with Crippen LogP contribution in [0.25, 0.3) is 5.57 Å². The number of nitrogens with zero attached hydrogens (tertiary/aromatic N) is 2. The van der Waals surface area contributed by atoms with Gasteiger partial charge in [-0.2, -0.15) is 10.5 Å². The molecule has 0 spiro atoms. The number of hydrogen-bond acceptors (Lipinski definition) is 4. The van der Waals surface area contributed by atoms with E-state index >= 15 is 0 Å². The zero-order valence-corrected chi connectivity index (χ0v) is 9.30. The first kappa shape index (κ1) is 12.5. The maximum atomic E-state index is 11.6. The van der Waals surface area contributed by atoms with Gasteiger partial charge in [-0.3, -0.25) is 0 Å². The molecule has 17 heavy (non-hydrogen) atoms. The van der Waals surface area contributed by atoms with Gasteiger partial charge in [0.25, 0.3) is 5.41 Å². The molecule has 0 unspecified atom stereocenters. The topological polar surface area (TPSA) is 73.9 Å². The van der Waals surface area contributed by atoms with E-state index in [2.05, 4.69) is 11.3 Å². The Morgan fingerprint density at radius 3 is 2.24 bits per heavy atom. The largest absolute Gasteiger partial charge is 0.467 e. The number of methoxy groups -OCH3 is 1. The Hall–Kier alpha value is -2.59. The quantitative estimate of drug-likeness (QED) is 0.738. The van der Waals surface area contributed by atoms with E-state index in [1.54, 1.807) is 42.5 Å². The smallest absolute Gasteiger partial charge is 0.345 e. The molecule has 4 heteroatoms. The molecule has 0 N–H and O–H groups in total. The van der Waals surface area contributed by atoms with E-state index in [1.165, 1.54) is 0 Å². The van der Waals surface area contributed by atoms with Gasteiger partial charge in [-0.25, -0.2) is 4.79 Å². The van der Waals surface area contributed by atoms with E-state index in [9.17, 15) is 4.79 Å². The fourth-order valence-electron chi connectivity index (χ4n) is 1.38. The highest BCUT2D eigenvalue weighted by molar-refractivity contribution is 5.98. The lowest BCUT2D eigenvalue weighted by Crippen LogP contribution is -2.30. The molecule has 0 radical (unpaired) electrons. The predicted molar refractivity (Wildman–Crippen MR) is 61.2 cm³/mol. The lowest BCUT2D eigenvalue weighted by atomic mass is 9.80. The molecule has 0 saturated heterocycles. The van der Waals surface area contributed by atoms with Crippen LogP contribution in [-0.4, -0.2) is 13.1 Å². The molecule has 1 aromatic carbocycles. The first-order chi connectivity index (χ1) is 8.12. The molecule has 84 valence electrons. The minimum Gasteiger partial charge on any atom is -0.467 e. The van der Waals surface area contributed by atoms with Crippen molar-refractivity contribution in [3.63, 3.8) is 0 Å². The predicted octanol–water partition coefficient (Wildman–Crippen LogP) is 1.91. The summed E-state index contributed by atoms with van der Waals surface area (Å²) >= 11 is 0. The minimum absolute atomic E-state index is 0.120. The summed E-state index contributed by atoms with van der Waals surface area (Å²) in [6.07, 6.45) is 0. The van der Waals surface area contributed by atoms with Gasteiger partial charge in [0, 0.05) is 0 Å². The van der Waals surface area contributed by atoms with Crippen molar-refractivity contribution in [3.05, 3.63) is 42.5 Å². The second-order valence-electron chi connectivity index (χ2n) is 3.31. The van der Waals surface area contributed by atoms with Gasteiger partial charge in [0.2, 0.25) is 0 Å². The molecule has 0 aromatic heterocycles. The molecule has 0 bridgehead atoms. The monoisotopic (exact) mass is 226 g/mol. The number of carbonyl (C=O) groups excluding carboxylic acids is 1. The summed E-state index contributed by atoms with van der Waals surface area (Å²) in [5, 5.41) is 18.2. The van der Waals surface area contributed by atoms with Gasteiger partial charge >= 0.3 is 5.97 Å². The fraction of sp³-hybridized carbons (Fsp3) is 0.154. The van der Waals surface area contributed by atoms with Gasteiger partial charge < -0.3 is 4.74 Å². The number of ether oxygens (including phenoxy) is 1. The van der Waals surface area contributed by atoms with Crippen molar-refractivity contribution >= 4 is 11.5 Å². The lowest BCUT2D eigenvalue weighted by Gasteiger charge is -2.18. The minimum atomic E-state index is -1.99. The molecular formula is C13H10N2O2. The summed E-state index contributed by atoms with van der Waals surface area (Å²) in [6, 6.07) is 12.0. The van der Waals surface area contributed by atoms with E-state index in [4.69, 9.17) is 10.5 Å². The van der Waals surface area contributed by atoms with E-state index in [0.29, 0.717) is 5.56 Å². The van der Waals surface area contributed by atoms with E-state index in [1.807, 2.05) is 0 Å². The van der Waals surface area contributed by atoms with Crippen LogP contribution in [0.1, 0.15) is 5.56 Å². The zero-order chi connectivity index (χ0) is 12.9. The van der Waals surface area contributed by atoms with E-state index in [-0.39, 0.29) is 5.57 Å². The number of nitriles is 2. The van der Waals surface area contributed by atoms with Gasteiger partial charge in [-0.15, -0.1) is 0 Å². The second kappa shape index (κ2) is 4.96. The van der Waals surface area contributed by atoms with Gasteiger partial charge in [-0.1, -0.05) is 36.9 Å². The number of rotatable bonds is 3. The van der Waals surface area contributed by atoms with E-state index < -0.39 is 11.4 Å². The third kappa shape index (κ3) is 2.02. The highest BCUT2D eigenvalue weighted by Crippen LogP contribution is 2.33. The number of carbonyl (C=O) groups is 1. The van der Waals surface area contributed by atoms with Crippen LogP contribution in [0.4, 0.5) is 0 Å². The van der Waals surface area contributed by atoms with Crippen molar-refractivity contribution in [2.24, 2.45) is 5.41 Å². The Balaban J connectivity index is 3.29. The number of esters is 1. The highest BCUT2D eigenvalue weighted by atomic mass is 16.5. The van der Waals surface area contributed by atoms with Crippen LogP contribution in [-0.2, 0) is 9.53 Å². The van der Waals surface area contributed by atoms with Crippen LogP contribution in [0.15, 0.2) is 36.9 Å². The highest BCUT2D eigenvalue weighted by Gasteiger charge is 2.44. The van der Waals surface area contributed by atoms with Gasteiger partial charge in [0.05, 0.1) is 7.11 Å². The van der Waals surface area contributed by atoms with Crippen LogP contribution < -0.4 is 0 Å². The lowest BCUT2D eigenvalue weighted by molar-refractivity contribution is -0.144. The molecule has 1 aromatic rings. The standard InChI is InChI=1S/C13H10N2O2/c1-10(11-6-4-3-5-7-11)13(8-14,9-15)12(16)17-2/h3-7H,1H2,2H3. The summed E-state index contributed by atoms with van der Waals surface area (Å²) < 4.78 is 4.50. The third-order valence-electron chi connectivity index (χ3n) is 2.40. The zero-order valence-electron chi connectivity index (χ0n) is 9.30. The first-order valence-corrected chi connectivity index (χ1v) is 4.78. The Morgan fingerprint density at radius 1 is 1.29 bits per heavy atom. The molecule has 0 atom stereocenters. The Bertz CT molecular complexity index is 507. The molecule has 0 heterocycles.